The molecule has 0 unspecified atom stereocenters. The Hall–Kier alpha value is -1.75. The Bertz CT molecular complexity index is 530. The Morgan fingerprint density at radius 3 is 2.93 bits per heavy atom. The van der Waals surface area contributed by atoms with E-state index in [-0.39, 0.29) is 5.69 Å². The molecular formula is C9H6ClN3O2. The Labute approximate surface area is 90.1 Å². The maximum atomic E-state index is 11.2. The monoisotopic (exact) mass is 223 g/mol. The van der Waals surface area contributed by atoms with E-state index in [1.54, 1.807) is 12.1 Å². The standard InChI is InChI=1S/C9H6ClN3O2/c1-15-9(14)6-4-11-5-2-3-7(10)13-8(5)12-6/h2-4H,1H3. The van der Waals surface area contributed by atoms with Crippen LogP contribution in [0.2, 0.25) is 5.15 Å². The van der Waals surface area contributed by atoms with Gasteiger partial charge < -0.3 is 4.74 Å². The maximum absolute atomic E-state index is 11.2. The van der Waals surface area contributed by atoms with E-state index < -0.39 is 5.97 Å². The molecule has 2 heterocycles. The van der Waals surface area contributed by atoms with E-state index in [9.17, 15) is 4.79 Å². The second-order valence-corrected chi connectivity index (χ2v) is 3.11. The second kappa shape index (κ2) is 3.78. The van der Waals surface area contributed by atoms with Gasteiger partial charge in [0.25, 0.3) is 0 Å². The minimum absolute atomic E-state index is 0.111. The number of rotatable bonds is 1. The molecule has 2 aromatic rings. The highest BCUT2D eigenvalue weighted by molar-refractivity contribution is 6.29. The molecular weight excluding hydrogens is 218 g/mol. The van der Waals surface area contributed by atoms with Crippen LogP contribution in [-0.2, 0) is 4.74 Å². The highest BCUT2D eigenvalue weighted by Gasteiger charge is 2.09. The summed E-state index contributed by atoms with van der Waals surface area (Å²) in [6.07, 6.45) is 1.34. The molecule has 6 heteroatoms. The third-order valence-corrected chi connectivity index (χ3v) is 1.98. The molecule has 0 radical (unpaired) electrons. The fourth-order valence-corrected chi connectivity index (χ4v) is 1.22. The number of halogens is 1. The zero-order chi connectivity index (χ0) is 10.8. The molecule has 2 rings (SSSR count). The van der Waals surface area contributed by atoms with Crippen LogP contribution in [0.3, 0.4) is 0 Å². The van der Waals surface area contributed by atoms with E-state index in [0.29, 0.717) is 16.3 Å². The van der Waals surface area contributed by atoms with Gasteiger partial charge in [-0.15, -0.1) is 0 Å². The van der Waals surface area contributed by atoms with E-state index in [2.05, 4.69) is 19.7 Å². The molecule has 0 atom stereocenters. The predicted octanol–water partition coefficient (Wildman–Crippen LogP) is 1.46. The first kappa shape index (κ1) is 9.79. The third kappa shape index (κ3) is 1.87. The second-order valence-electron chi connectivity index (χ2n) is 2.72. The molecule has 0 aliphatic heterocycles. The van der Waals surface area contributed by atoms with Gasteiger partial charge in [-0.3, -0.25) is 4.98 Å². The van der Waals surface area contributed by atoms with E-state index in [0.717, 1.165) is 0 Å². The minimum atomic E-state index is -0.550. The topological polar surface area (TPSA) is 65.0 Å². The largest absolute Gasteiger partial charge is 0.464 e. The van der Waals surface area contributed by atoms with E-state index in [4.69, 9.17) is 11.6 Å². The van der Waals surface area contributed by atoms with Crippen molar-refractivity contribution in [2.45, 2.75) is 0 Å². The van der Waals surface area contributed by atoms with Crippen LogP contribution in [0.15, 0.2) is 18.3 Å². The van der Waals surface area contributed by atoms with Crippen molar-refractivity contribution in [3.63, 3.8) is 0 Å². The van der Waals surface area contributed by atoms with Crippen molar-refractivity contribution < 1.29 is 9.53 Å². The van der Waals surface area contributed by atoms with E-state index >= 15 is 0 Å². The van der Waals surface area contributed by atoms with E-state index in [1.807, 2.05) is 0 Å². The van der Waals surface area contributed by atoms with Crippen LogP contribution in [0.25, 0.3) is 11.2 Å². The molecule has 5 nitrogen and oxygen atoms in total. The molecule has 0 saturated carbocycles. The molecule has 0 spiro atoms. The molecule has 0 aliphatic carbocycles. The van der Waals surface area contributed by atoms with Crippen LogP contribution in [0.5, 0.6) is 0 Å². The molecule has 0 N–H and O–H groups in total. The highest BCUT2D eigenvalue weighted by Crippen LogP contribution is 2.11. The lowest BCUT2D eigenvalue weighted by Gasteiger charge is -1.99. The number of hydrogen-bond acceptors (Lipinski definition) is 5. The van der Waals surface area contributed by atoms with Gasteiger partial charge in [0, 0.05) is 0 Å². The summed E-state index contributed by atoms with van der Waals surface area (Å²) < 4.78 is 4.51. The van der Waals surface area contributed by atoms with Crippen molar-refractivity contribution in [2.75, 3.05) is 7.11 Å². The quantitative estimate of drug-likeness (QED) is 0.541. The molecule has 0 bridgehead atoms. The fourth-order valence-electron chi connectivity index (χ4n) is 1.08. The molecule has 0 aliphatic rings. The van der Waals surface area contributed by atoms with Gasteiger partial charge in [0.2, 0.25) is 0 Å². The normalized spacial score (nSPS) is 10.3. The number of carbonyl (C=O) groups is 1. The molecule has 0 aromatic carbocycles. The van der Waals surface area contributed by atoms with Gasteiger partial charge in [0.1, 0.15) is 10.7 Å². The van der Waals surface area contributed by atoms with Crippen molar-refractivity contribution in [3.05, 3.63) is 29.2 Å². The number of hydrogen-bond donors (Lipinski definition) is 0. The highest BCUT2D eigenvalue weighted by atomic mass is 35.5. The lowest BCUT2D eigenvalue weighted by atomic mass is 10.4. The number of carbonyl (C=O) groups excluding carboxylic acids is 1. The number of ether oxygens (including phenoxy) is 1. The first-order valence-corrected chi connectivity index (χ1v) is 4.46. The summed E-state index contributed by atoms with van der Waals surface area (Å²) in [6.45, 7) is 0. The van der Waals surface area contributed by atoms with Crippen LogP contribution < -0.4 is 0 Å². The Morgan fingerprint density at radius 1 is 1.40 bits per heavy atom. The molecule has 76 valence electrons. The summed E-state index contributed by atoms with van der Waals surface area (Å²) in [7, 11) is 1.28. The fraction of sp³-hybridized carbons (Fsp3) is 0.111. The van der Waals surface area contributed by atoms with E-state index in [1.165, 1.54) is 13.3 Å². The molecule has 2 aromatic heterocycles. The van der Waals surface area contributed by atoms with Gasteiger partial charge in [0.05, 0.1) is 13.3 Å². The van der Waals surface area contributed by atoms with Gasteiger partial charge >= 0.3 is 5.97 Å². The summed E-state index contributed by atoms with van der Waals surface area (Å²) >= 11 is 5.69. The summed E-state index contributed by atoms with van der Waals surface area (Å²) in [4.78, 5) is 23.1. The lowest BCUT2D eigenvalue weighted by Crippen LogP contribution is -2.05. The number of pyridine rings is 1. The molecule has 15 heavy (non-hydrogen) atoms. The van der Waals surface area contributed by atoms with Crippen LogP contribution >= 0.6 is 11.6 Å². The average Bonchev–Trinajstić information content (AvgIpc) is 2.27. The van der Waals surface area contributed by atoms with Crippen molar-refractivity contribution in [2.24, 2.45) is 0 Å². The summed E-state index contributed by atoms with van der Waals surface area (Å²) in [5.74, 6) is -0.550. The minimum Gasteiger partial charge on any atom is -0.464 e. The first-order valence-electron chi connectivity index (χ1n) is 4.08. The van der Waals surface area contributed by atoms with Gasteiger partial charge in [-0.25, -0.2) is 14.8 Å². The molecule has 0 fully saturated rings. The van der Waals surface area contributed by atoms with Crippen LogP contribution in [0.1, 0.15) is 10.5 Å². The zero-order valence-corrected chi connectivity index (χ0v) is 8.52. The Morgan fingerprint density at radius 2 is 2.20 bits per heavy atom. The zero-order valence-electron chi connectivity index (χ0n) is 7.77. The van der Waals surface area contributed by atoms with Crippen LogP contribution in [0.4, 0.5) is 0 Å². The Balaban J connectivity index is 2.59. The SMILES string of the molecule is COC(=O)c1cnc2ccc(Cl)nc2n1. The molecule has 0 amide bonds. The average molecular weight is 224 g/mol. The smallest absolute Gasteiger partial charge is 0.358 e. The van der Waals surface area contributed by atoms with Gasteiger partial charge in [0.15, 0.2) is 11.3 Å². The summed E-state index contributed by atoms with van der Waals surface area (Å²) in [5, 5.41) is 0.304. The van der Waals surface area contributed by atoms with Gasteiger partial charge in [-0.05, 0) is 12.1 Å². The van der Waals surface area contributed by atoms with Crippen LogP contribution in [-0.4, -0.2) is 28.0 Å². The third-order valence-electron chi connectivity index (χ3n) is 1.77. The number of fused-ring (bicyclic) bond motifs is 1. The summed E-state index contributed by atoms with van der Waals surface area (Å²) in [5.41, 5.74) is 1.01. The number of aromatic nitrogens is 3. The summed E-state index contributed by atoms with van der Waals surface area (Å²) in [6, 6.07) is 3.29. The predicted molar refractivity (Wildman–Crippen MR) is 53.7 cm³/mol. The number of methoxy groups -OCH3 is 1. The van der Waals surface area contributed by atoms with Crippen molar-refractivity contribution >= 4 is 28.7 Å². The number of esters is 1. The number of nitrogens with zero attached hydrogens (tertiary/aromatic N) is 3. The Kier molecular flexibility index (Phi) is 2.47. The molecule has 0 saturated heterocycles. The lowest BCUT2D eigenvalue weighted by molar-refractivity contribution is 0.0594. The van der Waals surface area contributed by atoms with Crippen LogP contribution in [0, 0.1) is 0 Å². The van der Waals surface area contributed by atoms with Gasteiger partial charge in [-0.1, -0.05) is 11.6 Å². The maximum Gasteiger partial charge on any atom is 0.358 e. The van der Waals surface area contributed by atoms with Crippen molar-refractivity contribution in [1.82, 2.24) is 15.0 Å². The first-order chi connectivity index (χ1) is 7.20. The van der Waals surface area contributed by atoms with Gasteiger partial charge in [-0.2, -0.15) is 0 Å². The van der Waals surface area contributed by atoms with Crippen molar-refractivity contribution in [1.29, 1.82) is 0 Å². The van der Waals surface area contributed by atoms with Crippen molar-refractivity contribution in [3.8, 4) is 0 Å².